The fourth-order valence-corrected chi connectivity index (χ4v) is 6.16. The van der Waals surface area contributed by atoms with Gasteiger partial charge in [-0.05, 0) is 72.9 Å². The number of alkyl halides is 4. The van der Waals surface area contributed by atoms with Crippen molar-refractivity contribution in [1.29, 1.82) is 0 Å². The van der Waals surface area contributed by atoms with Crippen LogP contribution in [0, 0.1) is 11.2 Å². The van der Waals surface area contributed by atoms with Crippen molar-refractivity contribution in [2.75, 3.05) is 0 Å². The molecule has 0 amide bonds. The number of carbonyl (C=O) groups excluding carboxylic acids is 1. The second kappa shape index (κ2) is 8.74. The largest absolute Gasteiger partial charge is 0.416 e. The van der Waals surface area contributed by atoms with Crippen molar-refractivity contribution in [3.8, 4) is 11.1 Å². The van der Waals surface area contributed by atoms with Crippen LogP contribution in [-0.4, -0.2) is 10.8 Å². The van der Waals surface area contributed by atoms with E-state index < -0.39 is 23.7 Å². The normalized spacial score (nSPS) is 19.8. The third kappa shape index (κ3) is 4.36. The van der Waals surface area contributed by atoms with Crippen molar-refractivity contribution in [1.82, 2.24) is 4.98 Å². The summed E-state index contributed by atoms with van der Waals surface area (Å²) in [4.78, 5) is 18.5. The van der Waals surface area contributed by atoms with Gasteiger partial charge in [-0.2, -0.15) is 13.2 Å². The zero-order valence-electron chi connectivity index (χ0n) is 20.2. The molecule has 0 radical (unpaired) electrons. The van der Waals surface area contributed by atoms with E-state index in [9.17, 15) is 22.4 Å². The van der Waals surface area contributed by atoms with E-state index in [0.29, 0.717) is 40.9 Å². The molecule has 0 saturated heterocycles. The number of ketones is 1. The summed E-state index contributed by atoms with van der Waals surface area (Å²) in [5, 5.41) is 0. The Labute approximate surface area is 211 Å². The van der Waals surface area contributed by atoms with E-state index in [-0.39, 0.29) is 28.2 Å². The Balaban J connectivity index is 1.59. The Morgan fingerprint density at radius 1 is 0.892 bits per heavy atom. The second-order valence-electron chi connectivity index (χ2n) is 10.9. The van der Waals surface area contributed by atoms with Crippen LogP contribution in [0.4, 0.5) is 22.0 Å². The lowest BCUT2D eigenvalue weighted by Crippen LogP contribution is -2.26. The zero-order valence-corrected chi connectivity index (χ0v) is 20.2. The first-order valence-electron chi connectivity index (χ1n) is 12.8. The first kappa shape index (κ1) is 24.3. The molecule has 2 nitrogen and oxygen atoms in total. The third-order valence-electron chi connectivity index (χ3n) is 8.31. The molecule has 1 aromatic heterocycles. The van der Waals surface area contributed by atoms with Gasteiger partial charge in [0.1, 0.15) is 5.82 Å². The van der Waals surface area contributed by atoms with Gasteiger partial charge in [0.2, 0.25) is 0 Å². The van der Waals surface area contributed by atoms with Gasteiger partial charge in [-0.15, -0.1) is 0 Å². The van der Waals surface area contributed by atoms with Gasteiger partial charge in [-0.25, -0.2) is 8.78 Å². The van der Waals surface area contributed by atoms with E-state index in [2.05, 4.69) is 0 Å². The van der Waals surface area contributed by atoms with Crippen LogP contribution in [0.15, 0.2) is 48.5 Å². The van der Waals surface area contributed by atoms with Crippen molar-refractivity contribution < 1.29 is 26.7 Å². The van der Waals surface area contributed by atoms with Gasteiger partial charge in [0.05, 0.1) is 17.0 Å². The Hall–Kier alpha value is -3.09. The summed E-state index contributed by atoms with van der Waals surface area (Å²) in [5.74, 6) is -0.546. The lowest BCUT2D eigenvalue weighted by Gasteiger charge is -2.30. The SMILES string of the molecule is O=C1CC2(CC2)Cc2nc(C3CCCC3)c(C(F)c3ccc(C(F)(F)F)cc3)c(-c3ccc(F)cc3)c21. The van der Waals surface area contributed by atoms with Gasteiger partial charge in [-0.1, -0.05) is 37.1 Å². The maximum absolute atomic E-state index is 16.6. The van der Waals surface area contributed by atoms with Crippen LogP contribution in [0.2, 0.25) is 0 Å². The molecular weight excluding hydrogens is 485 g/mol. The molecular formula is C30H26F5NO. The summed E-state index contributed by atoms with van der Waals surface area (Å²) in [7, 11) is 0. The smallest absolute Gasteiger partial charge is 0.294 e. The van der Waals surface area contributed by atoms with Gasteiger partial charge in [0, 0.05) is 29.0 Å². The summed E-state index contributed by atoms with van der Waals surface area (Å²) >= 11 is 0. The molecule has 192 valence electrons. The molecule has 0 bridgehead atoms. The molecule has 3 aliphatic carbocycles. The molecule has 7 heteroatoms. The van der Waals surface area contributed by atoms with Crippen LogP contribution in [0.25, 0.3) is 11.1 Å². The number of benzene rings is 2. The average Bonchev–Trinajstić information content (AvgIpc) is 3.37. The molecule has 3 aromatic rings. The highest BCUT2D eigenvalue weighted by Gasteiger charge is 2.50. The topological polar surface area (TPSA) is 30.0 Å². The number of carbonyl (C=O) groups is 1. The number of Topliss-reactive ketones (excluding diaryl/α,β-unsaturated/α-hetero) is 1. The predicted octanol–water partition coefficient (Wildman–Crippen LogP) is 8.53. The molecule has 37 heavy (non-hydrogen) atoms. The third-order valence-corrected chi connectivity index (χ3v) is 8.31. The summed E-state index contributed by atoms with van der Waals surface area (Å²) in [6.45, 7) is 0. The standard InChI is InChI=1S/C30H26F5NO/c31-21-11-7-17(8-12-21)24-25-22(15-29(13-14-29)16-23(25)37)36-28(19-3-1-2-4-19)26(24)27(32)18-5-9-20(10-6-18)30(33,34)35/h5-12,19,27H,1-4,13-16H2. The molecule has 2 fully saturated rings. The summed E-state index contributed by atoms with van der Waals surface area (Å²) in [6.07, 6.45) is 0.254. The highest BCUT2D eigenvalue weighted by atomic mass is 19.4. The van der Waals surface area contributed by atoms with Gasteiger partial charge in [0.15, 0.2) is 12.0 Å². The second-order valence-corrected chi connectivity index (χ2v) is 10.9. The average molecular weight is 512 g/mol. The molecule has 6 rings (SSSR count). The number of fused-ring (bicyclic) bond motifs is 1. The molecule has 0 aliphatic heterocycles. The highest BCUT2D eigenvalue weighted by molar-refractivity contribution is 6.06. The lowest BCUT2D eigenvalue weighted by molar-refractivity contribution is -0.137. The predicted molar refractivity (Wildman–Crippen MR) is 130 cm³/mol. The number of rotatable bonds is 4. The Kier molecular flexibility index (Phi) is 5.73. The van der Waals surface area contributed by atoms with E-state index in [4.69, 9.17) is 4.98 Å². The van der Waals surface area contributed by atoms with E-state index in [1.54, 1.807) is 12.1 Å². The van der Waals surface area contributed by atoms with Gasteiger partial charge in [-0.3, -0.25) is 9.78 Å². The molecule has 2 aromatic carbocycles. The lowest BCUT2D eigenvalue weighted by atomic mass is 9.76. The first-order valence-corrected chi connectivity index (χ1v) is 12.8. The van der Waals surface area contributed by atoms with Crippen LogP contribution in [-0.2, 0) is 12.6 Å². The number of pyridine rings is 1. The molecule has 2 saturated carbocycles. The van der Waals surface area contributed by atoms with Crippen LogP contribution >= 0.6 is 0 Å². The van der Waals surface area contributed by atoms with Crippen molar-refractivity contribution in [2.24, 2.45) is 5.41 Å². The number of hydrogen-bond donors (Lipinski definition) is 0. The van der Waals surface area contributed by atoms with Crippen LogP contribution in [0.3, 0.4) is 0 Å². The van der Waals surface area contributed by atoms with Crippen molar-refractivity contribution in [3.63, 3.8) is 0 Å². The zero-order chi connectivity index (χ0) is 25.9. The number of nitrogens with zero attached hydrogens (tertiary/aromatic N) is 1. The van der Waals surface area contributed by atoms with E-state index in [1.807, 2.05) is 0 Å². The summed E-state index contributed by atoms with van der Waals surface area (Å²) < 4.78 is 69.9. The minimum absolute atomic E-state index is 0.000576. The van der Waals surface area contributed by atoms with E-state index >= 15 is 4.39 Å². The minimum atomic E-state index is -4.53. The molecule has 1 unspecified atom stereocenters. The molecule has 1 heterocycles. The molecule has 1 spiro atoms. The van der Waals surface area contributed by atoms with Gasteiger partial charge >= 0.3 is 6.18 Å². The van der Waals surface area contributed by atoms with Crippen molar-refractivity contribution in [2.45, 2.75) is 69.6 Å². The van der Waals surface area contributed by atoms with Gasteiger partial charge < -0.3 is 0 Å². The fraction of sp³-hybridized carbons (Fsp3) is 0.400. The Morgan fingerprint density at radius 3 is 2.14 bits per heavy atom. The van der Waals surface area contributed by atoms with Crippen molar-refractivity contribution >= 4 is 5.78 Å². The minimum Gasteiger partial charge on any atom is -0.294 e. The number of aromatic nitrogens is 1. The Bertz CT molecular complexity index is 1350. The highest BCUT2D eigenvalue weighted by Crippen LogP contribution is 2.56. The molecule has 1 atom stereocenters. The quantitative estimate of drug-likeness (QED) is 0.329. The summed E-state index contributed by atoms with van der Waals surface area (Å²) in [6, 6.07) is 9.71. The van der Waals surface area contributed by atoms with E-state index in [0.717, 1.165) is 62.8 Å². The van der Waals surface area contributed by atoms with Crippen molar-refractivity contribution in [3.05, 3.63) is 88.0 Å². The molecule has 3 aliphatic rings. The fourth-order valence-electron chi connectivity index (χ4n) is 6.16. The first-order chi connectivity index (χ1) is 17.7. The maximum Gasteiger partial charge on any atom is 0.416 e. The van der Waals surface area contributed by atoms with Crippen LogP contribution < -0.4 is 0 Å². The van der Waals surface area contributed by atoms with Gasteiger partial charge in [0.25, 0.3) is 0 Å². The van der Waals surface area contributed by atoms with Crippen LogP contribution in [0.1, 0.15) is 95.5 Å². The maximum atomic E-state index is 16.6. The Morgan fingerprint density at radius 2 is 1.54 bits per heavy atom. The monoisotopic (exact) mass is 511 g/mol. The van der Waals surface area contributed by atoms with Crippen LogP contribution in [0.5, 0.6) is 0 Å². The molecule has 0 N–H and O–H groups in total. The number of hydrogen-bond acceptors (Lipinski definition) is 2. The number of halogens is 5. The van der Waals surface area contributed by atoms with E-state index in [1.165, 1.54) is 12.1 Å². The summed E-state index contributed by atoms with van der Waals surface area (Å²) in [5.41, 5.74) is 1.97.